The molecule has 0 spiro atoms. The number of ether oxygens (including phenoxy) is 1. The van der Waals surface area contributed by atoms with Crippen molar-refractivity contribution >= 4 is 10.1 Å². The molecule has 1 aliphatic carbocycles. The molecule has 3 aliphatic rings. The van der Waals surface area contributed by atoms with Gasteiger partial charge in [0.15, 0.2) is 5.69 Å². The summed E-state index contributed by atoms with van der Waals surface area (Å²) in [6.45, 7) is 2.05. The minimum atomic E-state index is -4.52. The summed E-state index contributed by atoms with van der Waals surface area (Å²) in [6, 6.07) is 6.40. The third kappa shape index (κ3) is 3.80. The van der Waals surface area contributed by atoms with Crippen molar-refractivity contribution in [1.82, 2.24) is 9.97 Å². The van der Waals surface area contributed by atoms with E-state index in [2.05, 4.69) is 9.97 Å². The molecule has 3 fully saturated rings. The van der Waals surface area contributed by atoms with Gasteiger partial charge in [0.1, 0.15) is 11.4 Å². The number of aromatic amines is 1. The minimum absolute atomic E-state index is 0.0226. The normalized spacial score (nSPS) is 27.3. The van der Waals surface area contributed by atoms with Crippen LogP contribution in [0.15, 0.2) is 35.4 Å². The maximum absolute atomic E-state index is 12.8. The number of imidazole rings is 1. The SMILES string of the molecule is Cc1ccc(S(=O)(=O)OCC23CCC(c4nc(C(F)(F)F)c[nH]4)(CC2)OC3)cc1. The van der Waals surface area contributed by atoms with Gasteiger partial charge in [0.05, 0.1) is 18.1 Å². The summed E-state index contributed by atoms with van der Waals surface area (Å²) >= 11 is 0. The van der Waals surface area contributed by atoms with Crippen LogP contribution in [0.4, 0.5) is 13.2 Å². The highest BCUT2D eigenvalue weighted by molar-refractivity contribution is 7.86. The first kappa shape index (κ1) is 20.4. The van der Waals surface area contributed by atoms with E-state index >= 15 is 0 Å². The van der Waals surface area contributed by atoms with Crippen LogP contribution in [0.5, 0.6) is 0 Å². The first-order valence-electron chi connectivity index (χ1n) is 9.27. The average molecular weight is 430 g/mol. The Morgan fingerprint density at radius 3 is 2.34 bits per heavy atom. The Kier molecular flexibility index (Phi) is 4.79. The highest BCUT2D eigenvalue weighted by Gasteiger charge is 2.53. The van der Waals surface area contributed by atoms with E-state index in [-0.39, 0.29) is 23.9 Å². The van der Waals surface area contributed by atoms with Crippen molar-refractivity contribution in [2.24, 2.45) is 5.41 Å². The molecule has 6 nitrogen and oxygen atoms in total. The summed E-state index contributed by atoms with van der Waals surface area (Å²) in [5, 5.41) is 0. The summed E-state index contributed by atoms with van der Waals surface area (Å²) in [4.78, 5) is 6.40. The van der Waals surface area contributed by atoms with Gasteiger partial charge in [-0.05, 0) is 44.7 Å². The molecule has 0 unspecified atom stereocenters. The predicted octanol–water partition coefficient (Wildman–Crippen LogP) is 3.93. The lowest BCUT2D eigenvalue weighted by Crippen LogP contribution is -2.51. The van der Waals surface area contributed by atoms with Gasteiger partial charge in [-0.2, -0.15) is 21.6 Å². The molecule has 0 radical (unpaired) electrons. The van der Waals surface area contributed by atoms with E-state index < -0.39 is 33.0 Å². The smallest absolute Gasteiger partial charge is 0.366 e. The van der Waals surface area contributed by atoms with Crippen molar-refractivity contribution in [3.8, 4) is 0 Å². The van der Waals surface area contributed by atoms with Crippen molar-refractivity contribution < 1.29 is 30.5 Å². The van der Waals surface area contributed by atoms with Crippen LogP contribution in [0.1, 0.15) is 42.8 Å². The first-order valence-corrected chi connectivity index (χ1v) is 10.7. The number of rotatable bonds is 5. The molecule has 2 saturated heterocycles. The topological polar surface area (TPSA) is 81.3 Å². The lowest BCUT2D eigenvalue weighted by atomic mass is 9.66. The largest absolute Gasteiger partial charge is 0.434 e. The second-order valence-electron chi connectivity index (χ2n) is 7.94. The summed E-state index contributed by atoms with van der Waals surface area (Å²) in [7, 11) is -3.89. The van der Waals surface area contributed by atoms with Crippen molar-refractivity contribution in [2.45, 2.75) is 49.3 Å². The molecule has 158 valence electrons. The van der Waals surface area contributed by atoms with Crippen molar-refractivity contribution in [2.75, 3.05) is 13.2 Å². The number of aryl methyl sites for hydroxylation is 1. The Balaban J connectivity index is 1.43. The number of aromatic nitrogens is 2. The molecule has 2 aliphatic heterocycles. The molecule has 1 aromatic carbocycles. The summed E-state index contributed by atoms with van der Waals surface area (Å²) < 4.78 is 74.7. The van der Waals surface area contributed by atoms with E-state index in [9.17, 15) is 21.6 Å². The molecule has 1 aromatic heterocycles. The van der Waals surface area contributed by atoms with Gasteiger partial charge in [0.2, 0.25) is 0 Å². The van der Waals surface area contributed by atoms with Crippen LogP contribution in [0, 0.1) is 12.3 Å². The van der Waals surface area contributed by atoms with E-state index in [1.807, 2.05) is 6.92 Å². The quantitative estimate of drug-likeness (QED) is 0.727. The van der Waals surface area contributed by atoms with Crippen LogP contribution in [0.2, 0.25) is 0 Å². The third-order valence-electron chi connectivity index (χ3n) is 5.90. The highest BCUT2D eigenvalue weighted by Crippen LogP contribution is 2.53. The molecule has 2 aromatic rings. The maximum atomic E-state index is 12.8. The van der Waals surface area contributed by atoms with Crippen LogP contribution < -0.4 is 0 Å². The van der Waals surface area contributed by atoms with E-state index in [0.717, 1.165) is 11.8 Å². The van der Waals surface area contributed by atoms with E-state index in [0.29, 0.717) is 25.7 Å². The number of alkyl halides is 3. The molecule has 0 atom stereocenters. The van der Waals surface area contributed by atoms with Gasteiger partial charge in [-0.25, -0.2) is 4.98 Å². The Morgan fingerprint density at radius 2 is 1.83 bits per heavy atom. The van der Waals surface area contributed by atoms with Crippen LogP contribution in [-0.2, 0) is 30.8 Å². The molecule has 1 N–H and O–H groups in total. The zero-order chi connectivity index (χ0) is 20.9. The molecule has 3 heterocycles. The highest BCUT2D eigenvalue weighted by atomic mass is 32.2. The van der Waals surface area contributed by atoms with Gasteiger partial charge >= 0.3 is 6.18 Å². The van der Waals surface area contributed by atoms with Crippen LogP contribution in [0.25, 0.3) is 0 Å². The van der Waals surface area contributed by atoms with Crippen molar-refractivity contribution in [3.05, 3.63) is 47.5 Å². The van der Waals surface area contributed by atoms with E-state index in [4.69, 9.17) is 8.92 Å². The summed E-state index contributed by atoms with van der Waals surface area (Å²) in [6.07, 6.45) is -1.60. The number of nitrogens with zero attached hydrogens (tertiary/aromatic N) is 1. The lowest BCUT2D eigenvalue weighted by molar-refractivity contribution is -0.200. The Morgan fingerprint density at radius 1 is 1.17 bits per heavy atom. The van der Waals surface area contributed by atoms with Gasteiger partial charge in [-0.15, -0.1) is 0 Å². The fraction of sp³-hybridized carbons (Fsp3) is 0.526. The molecule has 1 saturated carbocycles. The number of H-pyrrole nitrogens is 1. The number of hydrogen-bond donors (Lipinski definition) is 1. The second kappa shape index (κ2) is 6.82. The summed E-state index contributed by atoms with van der Waals surface area (Å²) in [5.41, 5.74) is -1.39. The van der Waals surface area contributed by atoms with E-state index in [1.165, 1.54) is 12.1 Å². The van der Waals surface area contributed by atoms with Gasteiger partial charge < -0.3 is 9.72 Å². The number of fused-ring (bicyclic) bond motifs is 3. The van der Waals surface area contributed by atoms with Gasteiger partial charge in [-0.3, -0.25) is 4.18 Å². The van der Waals surface area contributed by atoms with Gasteiger partial charge in [0, 0.05) is 11.6 Å². The van der Waals surface area contributed by atoms with E-state index in [1.54, 1.807) is 12.1 Å². The lowest BCUT2D eigenvalue weighted by Gasteiger charge is -2.51. The predicted molar refractivity (Wildman–Crippen MR) is 96.4 cm³/mol. The average Bonchev–Trinajstić information content (AvgIpc) is 3.20. The zero-order valence-electron chi connectivity index (χ0n) is 15.8. The number of benzene rings is 1. The molecule has 2 bridgehead atoms. The first-order chi connectivity index (χ1) is 13.5. The van der Waals surface area contributed by atoms with Gasteiger partial charge in [0.25, 0.3) is 10.1 Å². The maximum Gasteiger partial charge on any atom is 0.434 e. The fourth-order valence-corrected chi connectivity index (χ4v) is 4.94. The molecule has 10 heteroatoms. The zero-order valence-corrected chi connectivity index (χ0v) is 16.6. The number of hydrogen-bond acceptors (Lipinski definition) is 5. The minimum Gasteiger partial charge on any atom is -0.366 e. The number of nitrogens with one attached hydrogen (secondary N) is 1. The summed E-state index contributed by atoms with van der Waals surface area (Å²) in [5.74, 6) is 0.173. The molecule has 0 amide bonds. The Bertz CT molecular complexity index is 975. The van der Waals surface area contributed by atoms with Crippen LogP contribution in [0.3, 0.4) is 0 Å². The van der Waals surface area contributed by atoms with Crippen LogP contribution >= 0.6 is 0 Å². The fourth-order valence-electron chi connectivity index (χ4n) is 3.93. The molecular weight excluding hydrogens is 409 g/mol. The Hall–Kier alpha value is -1.91. The molecule has 29 heavy (non-hydrogen) atoms. The van der Waals surface area contributed by atoms with Gasteiger partial charge in [-0.1, -0.05) is 17.7 Å². The van der Waals surface area contributed by atoms with Crippen LogP contribution in [-0.4, -0.2) is 31.6 Å². The standard InChI is InChI=1S/C19H21F3N2O4S/c1-13-2-4-14(5-3-13)29(25,26)28-12-17-6-8-18(9-7-17,27-11-17)16-23-10-15(24-16)19(20,21)22/h2-5,10H,6-9,11-12H2,1H3,(H,23,24). The Labute approximate surface area is 166 Å². The second-order valence-corrected chi connectivity index (χ2v) is 9.56. The molecular formula is C19H21F3N2O4S. The van der Waals surface area contributed by atoms with Crippen molar-refractivity contribution in [3.63, 3.8) is 0 Å². The molecule has 5 rings (SSSR count). The monoisotopic (exact) mass is 430 g/mol. The van der Waals surface area contributed by atoms with Crippen molar-refractivity contribution in [1.29, 1.82) is 0 Å². The third-order valence-corrected chi connectivity index (χ3v) is 7.18. The number of halogens is 3.